The number of carbonyl (C=O) groups is 1. The van der Waals surface area contributed by atoms with E-state index in [1.54, 1.807) is 12.1 Å². The van der Waals surface area contributed by atoms with E-state index in [2.05, 4.69) is 10.2 Å². The van der Waals surface area contributed by atoms with Crippen LogP contribution in [0.2, 0.25) is 0 Å². The molecular formula is C18H25FN2O3. The molecule has 2 fully saturated rings. The fourth-order valence-electron chi connectivity index (χ4n) is 3.43. The number of hydrogen-bond acceptors (Lipinski definition) is 4. The zero-order valence-electron chi connectivity index (χ0n) is 13.9. The van der Waals surface area contributed by atoms with Crippen molar-refractivity contribution in [3.63, 3.8) is 0 Å². The van der Waals surface area contributed by atoms with Gasteiger partial charge in [0.15, 0.2) is 0 Å². The lowest BCUT2D eigenvalue weighted by Gasteiger charge is -2.37. The fourth-order valence-corrected chi connectivity index (χ4v) is 3.43. The van der Waals surface area contributed by atoms with E-state index in [0.29, 0.717) is 12.5 Å². The van der Waals surface area contributed by atoms with Gasteiger partial charge in [-0.25, -0.2) is 4.39 Å². The number of morpholine rings is 1. The van der Waals surface area contributed by atoms with Crippen LogP contribution in [0, 0.1) is 11.7 Å². The fraction of sp³-hybridized carbons (Fsp3) is 0.611. The average molecular weight is 336 g/mol. The molecule has 1 amide bonds. The highest BCUT2D eigenvalue weighted by Gasteiger charge is 2.31. The smallest absolute Gasteiger partial charge is 0.224 e. The van der Waals surface area contributed by atoms with Gasteiger partial charge in [0.05, 0.1) is 26.2 Å². The Labute approximate surface area is 142 Å². The van der Waals surface area contributed by atoms with E-state index in [0.717, 1.165) is 51.5 Å². The van der Waals surface area contributed by atoms with Gasteiger partial charge in [-0.3, -0.25) is 9.69 Å². The third kappa shape index (κ3) is 4.75. The van der Waals surface area contributed by atoms with Crippen LogP contribution in [0.25, 0.3) is 0 Å². The number of nitrogens with one attached hydrogen (secondary N) is 1. The molecule has 132 valence electrons. The molecule has 1 N–H and O–H groups in total. The summed E-state index contributed by atoms with van der Waals surface area (Å²) >= 11 is 0. The van der Waals surface area contributed by atoms with Crippen molar-refractivity contribution in [2.75, 3.05) is 46.1 Å². The van der Waals surface area contributed by atoms with Gasteiger partial charge in [0.25, 0.3) is 0 Å². The molecule has 1 aromatic carbocycles. The Hall–Kier alpha value is -1.50. The molecule has 0 aromatic heterocycles. The first kappa shape index (κ1) is 17.3. The molecular weight excluding hydrogens is 311 g/mol. The first-order valence-corrected chi connectivity index (χ1v) is 8.63. The summed E-state index contributed by atoms with van der Waals surface area (Å²) in [5.41, 5.74) is 0.820. The summed E-state index contributed by atoms with van der Waals surface area (Å²) in [5.74, 6) is 0.140. The topological polar surface area (TPSA) is 50.8 Å². The van der Waals surface area contributed by atoms with Gasteiger partial charge in [0, 0.05) is 38.2 Å². The highest BCUT2D eigenvalue weighted by molar-refractivity contribution is 5.78. The highest BCUT2D eigenvalue weighted by atomic mass is 19.1. The second-order valence-electron chi connectivity index (χ2n) is 6.45. The SMILES string of the molecule is O=C(Cc1ccc(F)cc1)NC[C@@H]([C@@H]1CCOC1)N1CCOCC1. The Kier molecular flexibility index (Phi) is 6.18. The number of nitrogens with zero attached hydrogens (tertiary/aromatic N) is 1. The Morgan fingerprint density at radius 3 is 2.62 bits per heavy atom. The summed E-state index contributed by atoms with van der Waals surface area (Å²) in [7, 11) is 0. The summed E-state index contributed by atoms with van der Waals surface area (Å²) in [4.78, 5) is 14.6. The van der Waals surface area contributed by atoms with Crippen molar-refractivity contribution >= 4 is 5.91 Å². The number of halogens is 1. The number of benzene rings is 1. The molecule has 2 aliphatic rings. The summed E-state index contributed by atoms with van der Waals surface area (Å²) in [6.07, 6.45) is 1.31. The molecule has 24 heavy (non-hydrogen) atoms. The van der Waals surface area contributed by atoms with E-state index in [-0.39, 0.29) is 24.2 Å². The lowest BCUT2D eigenvalue weighted by Crippen LogP contribution is -2.52. The summed E-state index contributed by atoms with van der Waals surface area (Å²) in [6.45, 7) is 5.46. The molecule has 0 radical (unpaired) electrons. The predicted molar refractivity (Wildman–Crippen MR) is 88.2 cm³/mol. The third-order valence-electron chi connectivity index (χ3n) is 4.81. The van der Waals surface area contributed by atoms with Crippen LogP contribution in [0.5, 0.6) is 0 Å². The van der Waals surface area contributed by atoms with Gasteiger partial charge in [-0.1, -0.05) is 12.1 Å². The van der Waals surface area contributed by atoms with Gasteiger partial charge >= 0.3 is 0 Å². The number of hydrogen-bond donors (Lipinski definition) is 1. The first-order chi connectivity index (χ1) is 11.7. The zero-order chi connectivity index (χ0) is 16.8. The quantitative estimate of drug-likeness (QED) is 0.849. The van der Waals surface area contributed by atoms with Crippen molar-refractivity contribution in [1.29, 1.82) is 0 Å². The van der Waals surface area contributed by atoms with E-state index in [9.17, 15) is 9.18 Å². The lowest BCUT2D eigenvalue weighted by atomic mass is 9.96. The minimum absolute atomic E-state index is 0.0289. The maximum absolute atomic E-state index is 12.9. The maximum Gasteiger partial charge on any atom is 0.224 e. The molecule has 5 nitrogen and oxygen atoms in total. The molecule has 2 saturated heterocycles. The molecule has 1 aromatic rings. The van der Waals surface area contributed by atoms with Crippen LogP contribution in [0.15, 0.2) is 24.3 Å². The highest BCUT2D eigenvalue weighted by Crippen LogP contribution is 2.21. The lowest BCUT2D eigenvalue weighted by molar-refractivity contribution is -0.120. The molecule has 2 atom stereocenters. The van der Waals surface area contributed by atoms with E-state index >= 15 is 0 Å². The minimum atomic E-state index is -0.284. The molecule has 2 heterocycles. The van der Waals surface area contributed by atoms with E-state index in [1.165, 1.54) is 12.1 Å². The van der Waals surface area contributed by atoms with Gasteiger partial charge in [-0.15, -0.1) is 0 Å². The standard InChI is InChI=1S/C18H25FN2O3/c19-16-3-1-14(2-4-16)11-18(22)20-12-17(15-5-8-24-13-15)21-6-9-23-10-7-21/h1-4,15,17H,5-13H2,(H,20,22)/t15-,17+/m1/s1. The van der Waals surface area contributed by atoms with Crippen molar-refractivity contribution in [2.45, 2.75) is 18.9 Å². The van der Waals surface area contributed by atoms with E-state index < -0.39 is 0 Å². The van der Waals surface area contributed by atoms with Crippen molar-refractivity contribution in [1.82, 2.24) is 10.2 Å². The molecule has 6 heteroatoms. The van der Waals surface area contributed by atoms with Crippen LogP contribution < -0.4 is 5.32 Å². The minimum Gasteiger partial charge on any atom is -0.381 e. The van der Waals surface area contributed by atoms with Gasteiger partial charge in [-0.05, 0) is 24.1 Å². The van der Waals surface area contributed by atoms with Crippen LogP contribution in [0.4, 0.5) is 4.39 Å². The number of carbonyl (C=O) groups excluding carboxylic acids is 1. The molecule has 0 spiro atoms. The van der Waals surface area contributed by atoms with Gasteiger partial charge in [-0.2, -0.15) is 0 Å². The Morgan fingerprint density at radius 2 is 1.96 bits per heavy atom. The predicted octanol–water partition coefficient (Wildman–Crippen LogP) is 1.22. The van der Waals surface area contributed by atoms with Crippen LogP contribution in [0.1, 0.15) is 12.0 Å². The summed E-state index contributed by atoms with van der Waals surface area (Å²) in [5, 5.41) is 3.05. The normalized spacial score (nSPS) is 23.1. The van der Waals surface area contributed by atoms with Crippen LogP contribution in [0.3, 0.4) is 0 Å². The molecule has 0 bridgehead atoms. The van der Waals surface area contributed by atoms with Gasteiger partial charge < -0.3 is 14.8 Å². The molecule has 0 aliphatic carbocycles. The third-order valence-corrected chi connectivity index (χ3v) is 4.81. The van der Waals surface area contributed by atoms with Crippen LogP contribution in [-0.2, 0) is 20.7 Å². The Bertz CT molecular complexity index is 526. The zero-order valence-corrected chi connectivity index (χ0v) is 13.9. The number of amides is 1. The van der Waals surface area contributed by atoms with Gasteiger partial charge in [0.2, 0.25) is 5.91 Å². The van der Waals surface area contributed by atoms with Crippen molar-refractivity contribution in [2.24, 2.45) is 5.92 Å². The second kappa shape index (κ2) is 8.55. The number of rotatable bonds is 6. The van der Waals surface area contributed by atoms with E-state index in [4.69, 9.17) is 9.47 Å². The van der Waals surface area contributed by atoms with Crippen molar-refractivity contribution < 1.29 is 18.7 Å². The maximum atomic E-state index is 12.9. The van der Waals surface area contributed by atoms with Crippen LogP contribution in [-0.4, -0.2) is 62.9 Å². The Balaban J connectivity index is 1.53. The van der Waals surface area contributed by atoms with E-state index in [1.807, 2.05) is 0 Å². The number of ether oxygens (including phenoxy) is 2. The second-order valence-corrected chi connectivity index (χ2v) is 6.45. The average Bonchev–Trinajstić information content (AvgIpc) is 3.12. The molecule has 0 saturated carbocycles. The van der Waals surface area contributed by atoms with Crippen molar-refractivity contribution in [3.05, 3.63) is 35.6 Å². The van der Waals surface area contributed by atoms with Crippen molar-refractivity contribution in [3.8, 4) is 0 Å². The monoisotopic (exact) mass is 336 g/mol. The summed E-state index contributed by atoms with van der Waals surface area (Å²) < 4.78 is 23.9. The molecule has 2 aliphatic heterocycles. The van der Waals surface area contributed by atoms with Gasteiger partial charge in [0.1, 0.15) is 5.82 Å². The Morgan fingerprint density at radius 1 is 1.21 bits per heavy atom. The van der Waals surface area contributed by atoms with Crippen LogP contribution >= 0.6 is 0 Å². The molecule has 3 rings (SSSR count). The molecule has 0 unspecified atom stereocenters. The largest absolute Gasteiger partial charge is 0.381 e. The summed E-state index contributed by atoms with van der Waals surface area (Å²) in [6, 6.07) is 6.36. The first-order valence-electron chi connectivity index (χ1n) is 8.63.